The van der Waals surface area contributed by atoms with E-state index in [4.69, 9.17) is 13.9 Å². The number of rotatable bonds is 5. The van der Waals surface area contributed by atoms with Crippen molar-refractivity contribution < 1.29 is 13.9 Å². The third-order valence-corrected chi connectivity index (χ3v) is 11.5. The van der Waals surface area contributed by atoms with Crippen LogP contribution in [0.3, 0.4) is 0 Å². The molecule has 1 aromatic carbocycles. The molecule has 0 spiro atoms. The van der Waals surface area contributed by atoms with Crippen LogP contribution in [0.15, 0.2) is 22.7 Å². The number of hydrogen-bond acceptors (Lipinski definition) is 3. The number of ether oxygens (including phenoxy) is 2. The summed E-state index contributed by atoms with van der Waals surface area (Å²) in [6.07, 6.45) is -0.0138. The molecular formula is C18H29BrO3Si. The van der Waals surface area contributed by atoms with E-state index >= 15 is 0 Å². The van der Waals surface area contributed by atoms with Gasteiger partial charge in [-0.2, -0.15) is 0 Å². The Balaban J connectivity index is 2.17. The molecule has 1 atom stereocenters. The molecule has 0 saturated carbocycles. The van der Waals surface area contributed by atoms with E-state index in [-0.39, 0.29) is 6.10 Å². The summed E-state index contributed by atoms with van der Waals surface area (Å²) in [5.41, 5.74) is 1.67. The van der Waals surface area contributed by atoms with Crippen molar-refractivity contribution in [1.82, 2.24) is 0 Å². The highest BCUT2D eigenvalue weighted by Gasteiger charge is 2.47. The molecule has 0 amide bonds. The summed E-state index contributed by atoms with van der Waals surface area (Å²) in [6.45, 7) is 14.9. The normalized spacial score (nSPS) is 18.6. The van der Waals surface area contributed by atoms with Crippen molar-refractivity contribution in [2.24, 2.45) is 0 Å². The lowest BCUT2D eigenvalue weighted by atomic mass is 10.3. The Morgan fingerprint density at radius 3 is 2.00 bits per heavy atom. The van der Waals surface area contributed by atoms with Crippen LogP contribution in [0, 0.1) is 0 Å². The first kappa shape index (κ1) is 18.8. The van der Waals surface area contributed by atoms with Crippen molar-refractivity contribution in [2.75, 3.05) is 13.2 Å². The molecule has 1 heterocycles. The topological polar surface area (TPSA) is 27.7 Å². The molecule has 23 heavy (non-hydrogen) atoms. The third-order valence-electron chi connectivity index (χ3n) is 4.83. The quantitative estimate of drug-likeness (QED) is 0.586. The van der Waals surface area contributed by atoms with E-state index < -0.39 is 8.32 Å². The van der Waals surface area contributed by atoms with Crippen LogP contribution in [0.2, 0.25) is 16.6 Å². The predicted molar refractivity (Wildman–Crippen MR) is 101 cm³/mol. The van der Waals surface area contributed by atoms with E-state index in [1.807, 2.05) is 18.2 Å². The lowest BCUT2D eigenvalue weighted by Crippen LogP contribution is -2.52. The summed E-state index contributed by atoms with van der Waals surface area (Å²) in [7, 11) is -1.92. The highest BCUT2D eigenvalue weighted by molar-refractivity contribution is 9.10. The monoisotopic (exact) mass is 400 g/mol. The minimum Gasteiger partial charge on any atom is -0.487 e. The number of fused-ring (bicyclic) bond motifs is 1. The Morgan fingerprint density at radius 2 is 1.48 bits per heavy atom. The molecule has 2 rings (SSSR count). The molecule has 130 valence electrons. The Kier molecular flexibility index (Phi) is 6.20. The van der Waals surface area contributed by atoms with E-state index in [2.05, 4.69) is 57.5 Å². The average Bonchev–Trinajstić information content (AvgIpc) is 2.65. The molecule has 3 nitrogen and oxygen atoms in total. The minimum atomic E-state index is -1.92. The fourth-order valence-electron chi connectivity index (χ4n) is 3.89. The lowest BCUT2D eigenvalue weighted by Gasteiger charge is -2.44. The first-order valence-corrected chi connectivity index (χ1v) is 11.4. The maximum Gasteiger partial charge on any atom is 0.201 e. The molecule has 1 aromatic rings. The Morgan fingerprint density at radius 1 is 0.957 bits per heavy atom. The van der Waals surface area contributed by atoms with Crippen LogP contribution in [0.1, 0.15) is 41.5 Å². The van der Waals surface area contributed by atoms with Gasteiger partial charge in [-0.15, -0.1) is 0 Å². The zero-order valence-corrected chi connectivity index (χ0v) is 17.6. The van der Waals surface area contributed by atoms with Gasteiger partial charge in [0.05, 0.1) is 0 Å². The molecule has 0 fully saturated rings. The first-order chi connectivity index (χ1) is 10.8. The number of halogens is 1. The third kappa shape index (κ3) is 3.94. The fourth-order valence-corrected chi connectivity index (χ4v) is 9.76. The Labute approximate surface area is 150 Å². The fraction of sp³-hybridized carbons (Fsp3) is 0.667. The van der Waals surface area contributed by atoms with Crippen molar-refractivity contribution in [2.45, 2.75) is 64.3 Å². The van der Waals surface area contributed by atoms with E-state index in [0.29, 0.717) is 29.8 Å². The summed E-state index contributed by atoms with van der Waals surface area (Å²) in [5, 5.41) is 0. The smallest absolute Gasteiger partial charge is 0.201 e. The average molecular weight is 401 g/mol. The summed E-state index contributed by atoms with van der Waals surface area (Å²) < 4.78 is 19.7. The van der Waals surface area contributed by atoms with Gasteiger partial charge in [-0.25, -0.2) is 0 Å². The molecule has 0 aromatic heterocycles. The Bertz CT molecular complexity index is 509. The van der Waals surface area contributed by atoms with Gasteiger partial charge < -0.3 is 13.9 Å². The molecule has 5 heteroatoms. The molecule has 1 aliphatic rings. The first-order valence-electron chi connectivity index (χ1n) is 8.50. The van der Waals surface area contributed by atoms with E-state index in [1.54, 1.807) is 0 Å². The zero-order chi connectivity index (χ0) is 17.2. The second kappa shape index (κ2) is 7.58. The van der Waals surface area contributed by atoms with Crippen molar-refractivity contribution in [3.05, 3.63) is 22.7 Å². The molecule has 0 saturated heterocycles. The van der Waals surface area contributed by atoms with Crippen LogP contribution in [-0.2, 0) is 4.43 Å². The van der Waals surface area contributed by atoms with Crippen LogP contribution >= 0.6 is 15.9 Å². The molecule has 0 N–H and O–H groups in total. The second-order valence-corrected chi connectivity index (χ2v) is 13.6. The standard InChI is InChI=1S/C18H29BrO3Si/c1-12(2)23(13(3)4,14(5)6)22-16-10-20-17-8-7-15(19)9-18(17)21-11-16/h7-9,12-14,16H,10-11H2,1-6H3. The predicted octanol–water partition coefficient (Wildman–Crippen LogP) is 5.78. The van der Waals surface area contributed by atoms with Gasteiger partial charge in [0.2, 0.25) is 8.32 Å². The SMILES string of the molecule is CC(C)[Si](OC1COc2ccc(Br)cc2OC1)(C(C)C)C(C)C. The lowest BCUT2D eigenvalue weighted by molar-refractivity contribution is 0.0842. The summed E-state index contributed by atoms with van der Waals surface area (Å²) in [6, 6.07) is 5.87. The molecule has 0 radical (unpaired) electrons. The van der Waals surface area contributed by atoms with Gasteiger partial charge >= 0.3 is 0 Å². The van der Waals surface area contributed by atoms with Crippen molar-refractivity contribution in [1.29, 1.82) is 0 Å². The summed E-state index contributed by atoms with van der Waals surface area (Å²) in [5.74, 6) is 1.58. The minimum absolute atomic E-state index is 0.0138. The van der Waals surface area contributed by atoms with Gasteiger partial charge in [0, 0.05) is 4.47 Å². The van der Waals surface area contributed by atoms with Crippen molar-refractivity contribution >= 4 is 24.2 Å². The summed E-state index contributed by atoms with van der Waals surface area (Å²) >= 11 is 3.48. The van der Waals surface area contributed by atoms with Crippen molar-refractivity contribution in [3.8, 4) is 11.5 Å². The Hall–Kier alpha value is -0.523. The largest absolute Gasteiger partial charge is 0.487 e. The number of benzene rings is 1. The van der Waals surface area contributed by atoms with Crippen LogP contribution in [0.4, 0.5) is 0 Å². The van der Waals surface area contributed by atoms with Gasteiger partial charge in [-0.1, -0.05) is 57.5 Å². The second-order valence-electron chi connectivity index (χ2n) is 7.27. The van der Waals surface area contributed by atoms with Gasteiger partial charge in [0.25, 0.3) is 0 Å². The highest BCUT2D eigenvalue weighted by Crippen LogP contribution is 2.43. The van der Waals surface area contributed by atoms with E-state index in [9.17, 15) is 0 Å². The maximum absolute atomic E-state index is 6.78. The van der Waals surface area contributed by atoms with Gasteiger partial charge in [0.1, 0.15) is 19.3 Å². The van der Waals surface area contributed by atoms with Gasteiger partial charge in [0.15, 0.2) is 11.5 Å². The van der Waals surface area contributed by atoms with Crippen LogP contribution < -0.4 is 9.47 Å². The summed E-state index contributed by atoms with van der Waals surface area (Å²) in [4.78, 5) is 0. The van der Waals surface area contributed by atoms with E-state index in [1.165, 1.54) is 0 Å². The van der Waals surface area contributed by atoms with Gasteiger partial charge in [-0.3, -0.25) is 0 Å². The van der Waals surface area contributed by atoms with Crippen molar-refractivity contribution in [3.63, 3.8) is 0 Å². The zero-order valence-electron chi connectivity index (χ0n) is 15.1. The molecule has 0 aliphatic carbocycles. The molecular weight excluding hydrogens is 372 g/mol. The van der Waals surface area contributed by atoms with Crippen LogP contribution in [0.5, 0.6) is 11.5 Å². The van der Waals surface area contributed by atoms with Gasteiger partial charge in [-0.05, 0) is 34.8 Å². The molecule has 0 bridgehead atoms. The highest BCUT2D eigenvalue weighted by atomic mass is 79.9. The maximum atomic E-state index is 6.78. The van der Waals surface area contributed by atoms with Crippen LogP contribution in [0.25, 0.3) is 0 Å². The van der Waals surface area contributed by atoms with Crippen LogP contribution in [-0.4, -0.2) is 27.6 Å². The molecule has 1 aliphatic heterocycles. The molecule has 1 unspecified atom stereocenters. The van der Waals surface area contributed by atoms with E-state index in [0.717, 1.165) is 16.0 Å². The number of hydrogen-bond donors (Lipinski definition) is 0.